The first-order valence-electron chi connectivity index (χ1n) is 6.06. The SMILES string of the molecule is CC(C)(C)CC(Cl)CNCc1ccc(F)cc1Cl. The highest BCUT2D eigenvalue weighted by Gasteiger charge is 2.16. The third kappa shape index (κ3) is 6.03. The number of hydrogen-bond donors (Lipinski definition) is 1. The minimum atomic E-state index is -0.313. The lowest BCUT2D eigenvalue weighted by atomic mass is 9.90. The highest BCUT2D eigenvalue weighted by atomic mass is 35.5. The lowest BCUT2D eigenvalue weighted by Crippen LogP contribution is -2.26. The molecule has 0 saturated carbocycles. The van der Waals surface area contributed by atoms with Gasteiger partial charge in [0.25, 0.3) is 0 Å². The van der Waals surface area contributed by atoms with Gasteiger partial charge in [-0.2, -0.15) is 0 Å². The molecule has 1 N–H and O–H groups in total. The Morgan fingerprint density at radius 2 is 2.00 bits per heavy atom. The normalized spacial score (nSPS) is 13.7. The maximum atomic E-state index is 12.9. The Kier molecular flexibility index (Phi) is 5.90. The third-order valence-corrected chi connectivity index (χ3v) is 3.19. The van der Waals surface area contributed by atoms with Crippen LogP contribution in [0.3, 0.4) is 0 Å². The molecule has 0 bridgehead atoms. The second-order valence-electron chi connectivity index (χ2n) is 5.73. The molecule has 0 aliphatic rings. The molecule has 1 rings (SSSR count). The zero-order valence-electron chi connectivity index (χ0n) is 11.1. The number of benzene rings is 1. The molecule has 4 heteroatoms. The molecule has 102 valence electrons. The average Bonchev–Trinajstić information content (AvgIpc) is 2.18. The maximum Gasteiger partial charge on any atom is 0.124 e. The summed E-state index contributed by atoms with van der Waals surface area (Å²) in [7, 11) is 0. The molecule has 0 aliphatic heterocycles. The first kappa shape index (κ1) is 15.7. The standard InChI is InChI=1S/C14H20Cl2FN/c1-14(2,3)7-11(15)9-18-8-10-4-5-12(17)6-13(10)16/h4-6,11,18H,7-9H2,1-3H3. The average molecular weight is 292 g/mol. The number of halogens is 3. The van der Waals surface area contributed by atoms with Crippen molar-refractivity contribution < 1.29 is 4.39 Å². The number of nitrogens with one attached hydrogen (secondary N) is 1. The van der Waals surface area contributed by atoms with Crippen LogP contribution in [0, 0.1) is 11.2 Å². The summed E-state index contributed by atoms with van der Waals surface area (Å²) in [6, 6.07) is 4.43. The van der Waals surface area contributed by atoms with E-state index in [1.54, 1.807) is 6.07 Å². The Balaban J connectivity index is 2.37. The summed E-state index contributed by atoms with van der Waals surface area (Å²) >= 11 is 12.2. The Labute approximate surface area is 119 Å². The summed E-state index contributed by atoms with van der Waals surface area (Å²) in [5.41, 5.74) is 1.11. The van der Waals surface area contributed by atoms with Crippen LogP contribution in [0.5, 0.6) is 0 Å². The van der Waals surface area contributed by atoms with Crippen molar-refractivity contribution in [2.24, 2.45) is 5.41 Å². The minimum absolute atomic E-state index is 0.0872. The molecule has 0 aliphatic carbocycles. The molecule has 0 radical (unpaired) electrons. The van der Waals surface area contributed by atoms with Gasteiger partial charge in [-0.25, -0.2) is 4.39 Å². The van der Waals surface area contributed by atoms with Crippen LogP contribution < -0.4 is 5.32 Å². The highest BCUT2D eigenvalue weighted by molar-refractivity contribution is 6.31. The van der Waals surface area contributed by atoms with Crippen molar-refractivity contribution in [1.29, 1.82) is 0 Å². The van der Waals surface area contributed by atoms with Crippen LogP contribution in [0.4, 0.5) is 4.39 Å². The fourth-order valence-electron chi connectivity index (χ4n) is 1.77. The molecule has 0 fully saturated rings. The second-order valence-corrected chi connectivity index (χ2v) is 6.75. The van der Waals surface area contributed by atoms with Gasteiger partial charge in [-0.05, 0) is 29.5 Å². The predicted molar refractivity (Wildman–Crippen MR) is 76.8 cm³/mol. The quantitative estimate of drug-likeness (QED) is 0.781. The van der Waals surface area contributed by atoms with Gasteiger partial charge in [0.2, 0.25) is 0 Å². The Morgan fingerprint density at radius 3 is 2.56 bits per heavy atom. The van der Waals surface area contributed by atoms with Gasteiger partial charge in [-0.3, -0.25) is 0 Å². The highest BCUT2D eigenvalue weighted by Crippen LogP contribution is 2.23. The first-order valence-corrected chi connectivity index (χ1v) is 6.88. The summed E-state index contributed by atoms with van der Waals surface area (Å²) in [5, 5.41) is 3.78. The molecule has 0 spiro atoms. The van der Waals surface area contributed by atoms with E-state index < -0.39 is 0 Å². The van der Waals surface area contributed by atoms with Gasteiger partial charge in [0, 0.05) is 23.5 Å². The number of hydrogen-bond acceptors (Lipinski definition) is 1. The van der Waals surface area contributed by atoms with Crippen molar-refractivity contribution in [3.63, 3.8) is 0 Å². The van der Waals surface area contributed by atoms with Crippen LogP contribution in [0.25, 0.3) is 0 Å². The third-order valence-electron chi connectivity index (χ3n) is 2.53. The van der Waals surface area contributed by atoms with Crippen LogP contribution in [-0.2, 0) is 6.54 Å². The largest absolute Gasteiger partial charge is 0.311 e. The van der Waals surface area contributed by atoms with Crippen molar-refractivity contribution in [1.82, 2.24) is 5.32 Å². The molecule has 1 atom stereocenters. The molecule has 1 nitrogen and oxygen atoms in total. The summed E-state index contributed by atoms with van der Waals surface area (Å²) in [6.45, 7) is 7.82. The van der Waals surface area contributed by atoms with E-state index in [0.717, 1.165) is 12.0 Å². The molecule has 0 saturated heterocycles. The van der Waals surface area contributed by atoms with Crippen LogP contribution in [-0.4, -0.2) is 11.9 Å². The zero-order valence-corrected chi connectivity index (χ0v) is 12.6. The van der Waals surface area contributed by atoms with Gasteiger partial charge in [0.1, 0.15) is 5.82 Å². The van der Waals surface area contributed by atoms with Gasteiger partial charge in [-0.1, -0.05) is 38.4 Å². The van der Waals surface area contributed by atoms with Crippen LogP contribution in [0.2, 0.25) is 5.02 Å². The fraction of sp³-hybridized carbons (Fsp3) is 0.571. The maximum absolute atomic E-state index is 12.9. The van der Waals surface area contributed by atoms with Gasteiger partial charge < -0.3 is 5.32 Å². The second kappa shape index (κ2) is 6.74. The predicted octanol–water partition coefficient (Wildman–Crippen LogP) is 4.61. The molecular formula is C14H20Cl2FN. The lowest BCUT2D eigenvalue weighted by molar-refractivity contribution is 0.364. The smallest absolute Gasteiger partial charge is 0.124 e. The van der Waals surface area contributed by atoms with Crippen LogP contribution in [0.15, 0.2) is 18.2 Å². The van der Waals surface area contributed by atoms with Gasteiger partial charge >= 0.3 is 0 Å². The lowest BCUT2D eigenvalue weighted by Gasteiger charge is -2.22. The van der Waals surface area contributed by atoms with Crippen molar-refractivity contribution >= 4 is 23.2 Å². The molecule has 1 aromatic carbocycles. The van der Waals surface area contributed by atoms with E-state index >= 15 is 0 Å². The first-order chi connectivity index (χ1) is 8.28. The van der Waals surface area contributed by atoms with E-state index in [-0.39, 0.29) is 16.6 Å². The van der Waals surface area contributed by atoms with E-state index in [9.17, 15) is 4.39 Å². The molecular weight excluding hydrogens is 272 g/mol. The van der Waals surface area contributed by atoms with Gasteiger partial charge in [-0.15, -0.1) is 11.6 Å². The zero-order chi connectivity index (χ0) is 13.8. The Bertz CT molecular complexity index is 388. The van der Waals surface area contributed by atoms with Crippen molar-refractivity contribution in [3.8, 4) is 0 Å². The summed E-state index contributed by atoms with van der Waals surface area (Å²) in [4.78, 5) is 0. The van der Waals surface area contributed by atoms with E-state index in [2.05, 4.69) is 26.1 Å². The van der Waals surface area contributed by atoms with Gasteiger partial charge in [0.15, 0.2) is 0 Å². The number of rotatable bonds is 5. The number of alkyl halides is 1. The summed E-state index contributed by atoms with van der Waals surface area (Å²) in [6.07, 6.45) is 0.943. The van der Waals surface area contributed by atoms with Crippen molar-refractivity contribution in [3.05, 3.63) is 34.6 Å². The molecule has 0 heterocycles. The minimum Gasteiger partial charge on any atom is -0.311 e. The fourth-order valence-corrected chi connectivity index (χ4v) is 2.57. The van der Waals surface area contributed by atoms with E-state index in [1.807, 2.05) is 0 Å². The van der Waals surface area contributed by atoms with Crippen molar-refractivity contribution in [2.75, 3.05) is 6.54 Å². The topological polar surface area (TPSA) is 12.0 Å². The Morgan fingerprint density at radius 1 is 1.33 bits per heavy atom. The molecule has 1 aromatic rings. The van der Waals surface area contributed by atoms with E-state index in [1.165, 1.54) is 12.1 Å². The van der Waals surface area contributed by atoms with Gasteiger partial charge in [0.05, 0.1) is 0 Å². The van der Waals surface area contributed by atoms with E-state index in [0.29, 0.717) is 18.1 Å². The molecule has 0 aromatic heterocycles. The summed E-state index contributed by atoms with van der Waals surface area (Å²) < 4.78 is 12.9. The van der Waals surface area contributed by atoms with Crippen LogP contribution in [0.1, 0.15) is 32.8 Å². The molecule has 1 unspecified atom stereocenters. The molecule has 0 amide bonds. The summed E-state index contributed by atoms with van der Waals surface area (Å²) in [5.74, 6) is -0.313. The Hall–Kier alpha value is -0.310. The van der Waals surface area contributed by atoms with Crippen LogP contribution >= 0.6 is 23.2 Å². The monoisotopic (exact) mass is 291 g/mol. The van der Waals surface area contributed by atoms with E-state index in [4.69, 9.17) is 23.2 Å². The van der Waals surface area contributed by atoms with Crippen molar-refractivity contribution in [2.45, 2.75) is 39.1 Å². The molecule has 18 heavy (non-hydrogen) atoms.